The highest BCUT2D eigenvalue weighted by molar-refractivity contribution is 4.79. The van der Waals surface area contributed by atoms with Gasteiger partial charge in [-0.05, 0) is 32.4 Å². The van der Waals surface area contributed by atoms with E-state index >= 15 is 0 Å². The van der Waals surface area contributed by atoms with Crippen molar-refractivity contribution in [3.63, 3.8) is 0 Å². The molecule has 96 valence electrons. The van der Waals surface area contributed by atoms with Crippen LogP contribution in [-0.2, 0) is 4.74 Å². The van der Waals surface area contributed by atoms with Gasteiger partial charge in [0.2, 0.25) is 0 Å². The van der Waals surface area contributed by atoms with Gasteiger partial charge in [0.1, 0.15) is 0 Å². The Bertz CT molecular complexity index is 187. The lowest BCUT2D eigenvalue weighted by atomic mass is 10.1. The predicted octanol–water partition coefficient (Wildman–Crippen LogP) is 1.73. The van der Waals surface area contributed by atoms with Gasteiger partial charge >= 0.3 is 0 Å². The maximum absolute atomic E-state index is 5.72. The van der Waals surface area contributed by atoms with Gasteiger partial charge in [0.15, 0.2) is 0 Å². The molecule has 1 rings (SSSR count). The van der Waals surface area contributed by atoms with Crippen LogP contribution in [0.5, 0.6) is 0 Å². The second kappa shape index (κ2) is 7.25. The minimum atomic E-state index is 0.397. The molecule has 16 heavy (non-hydrogen) atoms. The van der Waals surface area contributed by atoms with E-state index in [1.165, 1.54) is 13.0 Å². The van der Waals surface area contributed by atoms with Gasteiger partial charge < -0.3 is 10.1 Å². The van der Waals surface area contributed by atoms with Crippen molar-refractivity contribution in [2.75, 3.05) is 32.8 Å². The second-order valence-electron chi connectivity index (χ2n) is 5.07. The van der Waals surface area contributed by atoms with Crippen LogP contribution < -0.4 is 5.32 Å². The number of hydrogen-bond donors (Lipinski definition) is 1. The molecular weight excluding hydrogens is 200 g/mol. The lowest BCUT2D eigenvalue weighted by Gasteiger charge is -2.39. The Hall–Kier alpha value is -0.120. The topological polar surface area (TPSA) is 24.5 Å². The van der Waals surface area contributed by atoms with Gasteiger partial charge in [0.05, 0.1) is 12.7 Å². The predicted molar refractivity (Wildman–Crippen MR) is 68.8 cm³/mol. The van der Waals surface area contributed by atoms with Crippen LogP contribution in [0.2, 0.25) is 0 Å². The van der Waals surface area contributed by atoms with E-state index in [1.807, 2.05) is 0 Å². The standard InChI is InChI=1S/C13H28N2O/c1-5-13-10-16-12(4)9-15(13)8-11(3)7-14-6-2/h11-14H,5-10H2,1-4H3. The van der Waals surface area contributed by atoms with Crippen LogP contribution in [-0.4, -0.2) is 49.8 Å². The van der Waals surface area contributed by atoms with Crippen LogP contribution in [0.15, 0.2) is 0 Å². The van der Waals surface area contributed by atoms with Crippen LogP contribution in [0.3, 0.4) is 0 Å². The Morgan fingerprint density at radius 2 is 2.19 bits per heavy atom. The Morgan fingerprint density at radius 1 is 1.44 bits per heavy atom. The number of nitrogens with zero attached hydrogens (tertiary/aromatic N) is 1. The molecule has 0 bridgehead atoms. The highest BCUT2D eigenvalue weighted by atomic mass is 16.5. The van der Waals surface area contributed by atoms with E-state index in [4.69, 9.17) is 4.74 Å². The van der Waals surface area contributed by atoms with Gasteiger partial charge in [-0.1, -0.05) is 20.8 Å². The Kier molecular flexibility index (Phi) is 6.32. The number of morpholine rings is 1. The first-order valence-electron chi connectivity index (χ1n) is 6.73. The van der Waals surface area contributed by atoms with Crippen molar-refractivity contribution in [3.8, 4) is 0 Å². The van der Waals surface area contributed by atoms with E-state index in [-0.39, 0.29) is 0 Å². The third kappa shape index (κ3) is 4.40. The Balaban J connectivity index is 2.36. The van der Waals surface area contributed by atoms with E-state index < -0.39 is 0 Å². The molecule has 0 radical (unpaired) electrons. The molecule has 3 nitrogen and oxygen atoms in total. The normalized spacial score (nSPS) is 29.2. The van der Waals surface area contributed by atoms with E-state index in [0.717, 1.165) is 32.2 Å². The average Bonchev–Trinajstić information content (AvgIpc) is 2.27. The van der Waals surface area contributed by atoms with Crippen molar-refractivity contribution >= 4 is 0 Å². The van der Waals surface area contributed by atoms with Crippen LogP contribution in [0.4, 0.5) is 0 Å². The van der Waals surface area contributed by atoms with Gasteiger partial charge in [-0.15, -0.1) is 0 Å². The number of rotatable bonds is 6. The van der Waals surface area contributed by atoms with Crippen molar-refractivity contribution in [3.05, 3.63) is 0 Å². The molecule has 3 heteroatoms. The van der Waals surface area contributed by atoms with Gasteiger partial charge in [0.25, 0.3) is 0 Å². The molecule has 1 aliphatic rings. The highest BCUT2D eigenvalue weighted by Crippen LogP contribution is 2.15. The highest BCUT2D eigenvalue weighted by Gasteiger charge is 2.26. The number of ether oxygens (including phenoxy) is 1. The quantitative estimate of drug-likeness (QED) is 0.749. The smallest absolute Gasteiger partial charge is 0.0674 e. The zero-order valence-electron chi connectivity index (χ0n) is 11.3. The molecule has 1 saturated heterocycles. The summed E-state index contributed by atoms with van der Waals surface area (Å²) in [5, 5.41) is 3.42. The molecule has 1 fully saturated rings. The summed E-state index contributed by atoms with van der Waals surface area (Å²) in [6.45, 7) is 14.3. The monoisotopic (exact) mass is 228 g/mol. The van der Waals surface area contributed by atoms with Crippen molar-refractivity contribution in [2.45, 2.75) is 46.3 Å². The van der Waals surface area contributed by atoms with Crippen molar-refractivity contribution in [1.29, 1.82) is 0 Å². The van der Waals surface area contributed by atoms with Gasteiger partial charge in [0, 0.05) is 19.1 Å². The maximum atomic E-state index is 5.72. The lowest BCUT2D eigenvalue weighted by molar-refractivity contribution is -0.0598. The first kappa shape index (κ1) is 13.9. The summed E-state index contributed by atoms with van der Waals surface area (Å²) in [5.41, 5.74) is 0. The molecule has 0 amide bonds. The Labute approximate surface area is 101 Å². The molecule has 0 saturated carbocycles. The minimum absolute atomic E-state index is 0.397. The van der Waals surface area contributed by atoms with Gasteiger partial charge in [-0.25, -0.2) is 0 Å². The first-order valence-corrected chi connectivity index (χ1v) is 6.73. The van der Waals surface area contributed by atoms with Crippen LogP contribution >= 0.6 is 0 Å². The first-order chi connectivity index (χ1) is 7.67. The molecule has 0 aromatic carbocycles. The largest absolute Gasteiger partial charge is 0.376 e. The molecule has 0 spiro atoms. The summed E-state index contributed by atoms with van der Waals surface area (Å²) in [5.74, 6) is 0.722. The van der Waals surface area contributed by atoms with E-state index in [0.29, 0.717) is 12.1 Å². The van der Waals surface area contributed by atoms with Crippen LogP contribution in [0.25, 0.3) is 0 Å². The fourth-order valence-electron chi connectivity index (χ4n) is 2.37. The lowest BCUT2D eigenvalue weighted by Crippen LogP contribution is -2.50. The van der Waals surface area contributed by atoms with Crippen LogP contribution in [0.1, 0.15) is 34.1 Å². The molecule has 3 atom stereocenters. The van der Waals surface area contributed by atoms with E-state index in [9.17, 15) is 0 Å². The zero-order chi connectivity index (χ0) is 12.0. The number of nitrogens with one attached hydrogen (secondary N) is 1. The van der Waals surface area contributed by atoms with E-state index in [1.54, 1.807) is 0 Å². The second-order valence-corrected chi connectivity index (χ2v) is 5.07. The summed E-state index contributed by atoms with van der Waals surface area (Å²) in [6.07, 6.45) is 1.59. The Morgan fingerprint density at radius 3 is 2.81 bits per heavy atom. The molecular formula is C13H28N2O. The maximum Gasteiger partial charge on any atom is 0.0674 e. The molecule has 0 aromatic rings. The third-order valence-electron chi connectivity index (χ3n) is 3.34. The number of hydrogen-bond acceptors (Lipinski definition) is 3. The van der Waals surface area contributed by atoms with Gasteiger partial charge in [-0.2, -0.15) is 0 Å². The molecule has 1 aliphatic heterocycles. The molecule has 3 unspecified atom stereocenters. The summed E-state index contributed by atoms with van der Waals surface area (Å²) in [7, 11) is 0. The van der Waals surface area contributed by atoms with Crippen molar-refractivity contribution in [2.24, 2.45) is 5.92 Å². The summed E-state index contributed by atoms with van der Waals surface area (Å²) < 4.78 is 5.72. The molecule has 0 aliphatic carbocycles. The SMILES string of the molecule is CCNCC(C)CN1CC(C)OCC1CC. The summed E-state index contributed by atoms with van der Waals surface area (Å²) in [6, 6.07) is 0.625. The third-order valence-corrected chi connectivity index (χ3v) is 3.34. The van der Waals surface area contributed by atoms with Crippen LogP contribution in [0, 0.1) is 5.92 Å². The van der Waals surface area contributed by atoms with E-state index in [2.05, 4.69) is 37.9 Å². The minimum Gasteiger partial charge on any atom is -0.376 e. The zero-order valence-corrected chi connectivity index (χ0v) is 11.3. The summed E-state index contributed by atoms with van der Waals surface area (Å²) in [4.78, 5) is 2.61. The average molecular weight is 228 g/mol. The fourth-order valence-corrected chi connectivity index (χ4v) is 2.37. The summed E-state index contributed by atoms with van der Waals surface area (Å²) >= 11 is 0. The molecule has 0 aromatic heterocycles. The van der Waals surface area contributed by atoms with Gasteiger partial charge in [-0.3, -0.25) is 4.90 Å². The fraction of sp³-hybridized carbons (Fsp3) is 1.00. The molecule has 1 N–H and O–H groups in total. The van der Waals surface area contributed by atoms with Crippen molar-refractivity contribution in [1.82, 2.24) is 10.2 Å². The molecule has 1 heterocycles. The van der Waals surface area contributed by atoms with Crippen molar-refractivity contribution < 1.29 is 4.74 Å².